The number of nitrogens with two attached hydrogens (primary N) is 1. The zero-order valence-corrected chi connectivity index (χ0v) is 11.4. The van der Waals surface area contributed by atoms with Crippen LogP contribution in [0, 0.1) is 6.92 Å². The summed E-state index contributed by atoms with van der Waals surface area (Å²) in [4.78, 5) is 5.65. The molecule has 0 spiro atoms. The number of aromatic nitrogens is 1. The van der Waals surface area contributed by atoms with E-state index in [0.29, 0.717) is 5.13 Å². The van der Waals surface area contributed by atoms with Gasteiger partial charge in [0.05, 0.1) is 10.6 Å². The molecule has 0 aliphatic heterocycles. The minimum Gasteiger partial charge on any atom is -0.375 e. The number of benzene rings is 2. The number of rotatable bonds is 2. The lowest BCUT2D eigenvalue weighted by Crippen LogP contribution is -1.87. The molecule has 0 amide bonds. The van der Waals surface area contributed by atoms with Crippen LogP contribution in [0.15, 0.2) is 54.6 Å². The van der Waals surface area contributed by atoms with Crippen molar-refractivity contribution in [3.63, 3.8) is 0 Å². The molecule has 2 nitrogen and oxygen atoms in total. The Balaban J connectivity index is 2.21. The number of aryl methyl sites for hydroxylation is 1. The first-order valence-corrected chi connectivity index (χ1v) is 6.95. The second kappa shape index (κ2) is 4.86. The summed E-state index contributed by atoms with van der Waals surface area (Å²) in [5, 5.41) is 0.608. The first-order valence-electron chi connectivity index (χ1n) is 6.13. The van der Waals surface area contributed by atoms with Crippen LogP contribution in [0.2, 0.25) is 0 Å². The summed E-state index contributed by atoms with van der Waals surface area (Å²) in [7, 11) is 0. The number of thiazole rings is 1. The van der Waals surface area contributed by atoms with Crippen molar-refractivity contribution in [2.45, 2.75) is 6.92 Å². The van der Waals surface area contributed by atoms with Crippen LogP contribution in [-0.2, 0) is 0 Å². The van der Waals surface area contributed by atoms with Crippen molar-refractivity contribution >= 4 is 16.5 Å². The SMILES string of the molecule is Cc1ccccc1-c1nc(N)sc1-c1ccccc1. The molecule has 0 fully saturated rings. The maximum absolute atomic E-state index is 5.91. The van der Waals surface area contributed by atoms with Gasteiger partial charge in [-0.15, -0.1) is 0 Å². The molecule has 3 rings (SSSR count). The van der Waals surface area contributed by atoms with E-state index < -0.39 is 0 Å². The fraction of sp³-hybridized carbons (Fsp3) is 0.0625. The van der Waals surface area contributed by atoms with Crippen molar-refractivity contribution in [2.24, 2.45) is 0 Å². The fourth-order valence-corrected chi connectivity index (χ4v) is 3.00. The van der Waals surface area contributed by atoms with E-state index in [1.165, 1.54) is 16.9 Å². The molecule has 2 aromatic carbocycles. The Morgan fingerprint density at radius 1 is 0.947 bits per heavy atom. The van der Waals surface area contributed by atoms with Crippen molar-refractivity contribution < 1.29 is 0 Å². The third kappa shape index (κ3) is 2.25. The van der Waals surface area contributed by atoms with Crippen LogP contribution in [0.4, 0.5) is 5.13 Å². The summed E-state index contributed by atoms with van der Waals surface area (Å²) in [6.45, 7) is 2.10. The van der Waals surface area contributed by atoms with E-state index in [-0.39, 0.29) is 0 Å². The molecular formula is C16H14N2S. The molecule has 3 aromatic rings. The van der Waals surface area contributed by atoms with E-state index >= 15 is 0 Å². The molecule has 0 aliphatic carbocycles. The maximum atomic E-state index is 5.91. The van der Waals surface area contributed by atoms with E-state index in [4.69, 9.17) is 5.73 Å². The number of hydrogen-bond donors (Lipinski definition) is 1. The first-order chi connectivity index (χ1) is 9.25. The lowest BCUT2D eigenvalue weighted by atomic mass is 10.0. The molecule has 0 bridgehead atoms. The first kappa shape index (κ1) is 11.9. The summed E-state index contributed by atoms with van der Waals surface area (Å²) in [5.41, 5.74) is 10.4. The quantitative estimate of drug-likeness (QED) is 0.748. The predicted molar refractivity (Wildman–Crippen MR) is 82.1 cm³/mol. The summed E-state index contributed by atoms with van der Waals surface area (Å²) >= 11 is 1.54. The van der Waals surface area contributed by atoms with Gasteiger partial charge in [0.1, 0.15) is 0 Å². The van der Waals surface area contributed by atoms with Gasteiger partial charge in [-0.05, 0) is 18.1 Å². The normalized spacial score (nSPS) is 10.6. The Bertz CT molecular complexity index is 702. The van der Waals surface area contributed by atoms with Crippen LogP contribution in [0.25, 0.3) is 21.7 Å². The van der Waals surface area contributed by atoms with Gasteiger partial charge in [-0.2, -0.15) is 0 Å². The van der Waals surface area contributed by atoms with Gasteiger partial charge >= 0.3 is 0 Å². The summed E-state index contributed by atoms with van der Waals surface area (Å²) in [5.74, 6) is 0. The topological polar surface area (TPSA) is 38.9 Å². The van der Waals surface area contributed by atoms with Crippen molar-refractivity contribution in [1.29, 1.82) is 0 Å². The largest absolute Gasteiger partial charge is 0.375 e. The zero-order chi connectivity index (χ0) is 13.2. The van der Waals surface area contributed by atoms with Crippen LogP contribution < -0.4 is 5.73 Å². The van der Waals surface area contributed by atoms with Gasteiger partial charge in [-0.3, -0.25) is 0 Å². The number of hydrogen-bond acceptors (Lipinski definition) is 3. The number of nitrogen functional groups attached to an aromatic ring is 1. The maximum Gasteiger partial charge on any atom is 0.181 e. The molecule has 0 saturated heterocycles. The Hall–Kier alpha value is -2.13. The second-order valence-electron chi connectivity index (χ2n) is 4.41. The van der Waals surface area contributed by atoms with Crippen LogP contribution in [0.3, 0.4) is 0 Å². The highest BCUT2D eigenvalue weighted by molar-refractivity contribution is 7.19. The van der Waals surface area contributed by atoms with Crippen molar-refractivity contribution in [1.82, 2.24) is 4.98 Å². The number of nitrogens with zero attached hydrogens (tertiary/aromatic N) is 1. The molecule has 0 atom stereocenters. The highest BCUT2D eigenvalue weighted by Crippen LogP contribution is 2.38. The number of anilines is 1. The summed E-state index contributed by atoms with van der Waals surface area (Å²) in [6.07, 6.45) is 0. The molecule has 0 saturated carbocycles. The Labute approximate surface area is 116 Å². The van der Waals surface area contributed by atoms with Gasteiger partial charge in [0.2, 0.25) is 0 Å². The lowest BCUT2D eigenvalue weighted by molar-refractivity contribution is 1.37. The van der Waals surface area contributed by atoms with Gasteiger partial charge in [0.15, 0.2) is 5.13 Å². The molecule has 1 heterocycles. The standard InChI is InChI=1S/C16H14N2S/c1-11-7-5-6-10-13(11)14-15(19-16(17)18-14)12-8-3-2-4-9-12/h2-10H,1H3,(H2,17,18). The summed E-state index contributed by atoms with van der Waals surface area (Å²) < 4.78 is 0. The van der Waals surface area contributed by atoms with E-state index in [2.05, 4.69) is 36.2 Å². The van der Waals surface area contributed by atoms with Gasteiger partial charge in [0.25, 0.3) is 0 Å². The third-order valence-corrected chi connectivity index (χ3v) is 4.01. The van der Waals surface area contributed by atoms with Gasteiger partial charge in [-0.25, -0.2) is 4.98 Å². The van der Waals surface area contributed by atoms with E-state index in [1.807, 2.05) is 30.3 Å². The molecular weight excluding hydrogens is 252 g/mol. The smallest absolute Gasteiger partial charge is 0.181 e. The van der Waals surface area contributed by atoms with Gasteiger partial charge in [0, 0.05) is 5.56 Å². The summed E-state index contributed by atoms with van der Waals surface area (Å²) in [6, 6.07) is 18.5. The molecule has 0 aliphatic rings. The van der Waals surface area contributed by atoms with Crippen LogP contribution in [-0.4, -0.2) is 4.98 Å². The molecule has 0 radical (unpaired) electrons. The molecule has 3 heteroatoms. The average molecular weight is 266 g/mol. The highest BCUT2D eigenvalue weighted by Gasteiger charge is 2.14. The van der Waals surface area contributed by atoms with E-state index in [0.717, 1.165) is 21.7 Å². The highest BCUT2D eigenvalue weighted by atomic mass is 32.1. The van der Waals surface area contributed by atoms with Crippen LogP contribution in [0.5, 0.6) is 0 Å². The average Bonchev–Trinajstić information content (AvgIpc) is 2.82. The molecule has 19 heavy (non-hydrogen) atoms. The monoisotopic (exact) mass is 266 g/mol. The van der Waals surface area contributed by atoms with Crippen LogP contribution in [0.1, 0.15) is 5.56 Å². The van der Waals surface area contributed by atoms with Crippen molar-refractivity contribution in [3.8, 4) is 21.7 Å². The molecule has 1 aromatic heterocycles. The Kier molecular flexibility index (Phi) is 3.05. The fourth-order valence-electron chi connectivity index (χ4n) is 2.14. The molecule has 2 N–H and O–H groups in total. The Morgan fingerprint density at radius 3 is 2.37 bits per heavy atom. The predicted octanol–water partition coefficient (Wildman–Crippen LogP) is 4.37. The molecule has 94 valence electrons. The van der Waals surface area contributed by atoms with Crippen LogP contribution >= 0.6 is 11.3 Å². The van der Waals surface area contributed by atoms with E-state index in [1.54, 1.807) is 0 Å². The van der Waals surface area contributed by atoms with Gasteiger partial charge in [-0.1, -0.05) is 65.9 Å². The van der Waals surface area contributed by atoms with E-state index in [9.17, 15) is 0 Å². The second-order valence-corrected chi connectivity index (χ2v) is 5.44. The third-order valence-electron chi connectivity index (χ3n) is 3.08. The molecule has 0 unspecified atom stereocenters. The minimum atomic E-state index is 0.608. The van der Waals surface area contributed by atoms with Crippen molar-refractivity contribution in [3.05, 3.63) is 60.2 Å². The lowest BCUT2D eigenvalue weighted by Gasteiger charge is -2.05. The zero-order valence-electron chi connectivity index (χ0n) is 10.6. The minimum absolute atomic E-state index is 0.608. The van der Waals surface area contributed by atoms with Crippen molar-refractivity contribution in [2.75, 3.05) is 5.73 Å². The van der Waals surface area contributed by atoms with Gasteiger partial charge < -0.3 is 5.73 Å². The Morgan fingerprint density at radius 2 is 1.63 bits per heavy atom.